The number of hydrogen-bond donors (Lipinski definition) is 1. The molecule has 3 aromatic rings. The molecule has 0 radical (unpaired) electrons. The van der Waals surface area contributed by atoms with Crippen molar-refractivity contribution in [3.05, 3.63) is 54.2 Å². The van der Waals surface area contributed by atoms with E-state index in [9.17, 15) is 9.59 Å². The highest BCUT2D eigenvalue weighted by Crippen LogP contribution is 2.30. The molecule has 0 fully saturated rings. The first-order valence-corrected chi connectivity index (χ1v) is 8.60. The van der Waals surface area contributed by atoms with Gasteiger partial charge in [-0.3, -0.25) is 4.79 Å². The molecule has 0 aliphatic heterocycles. The monoisotopic (exact) mass is 351 g/mol. The fourth-order valence-electron chi connectivity index (χ4n) is 3.09. The second-order valence-electron chi connectivity index (χ2n) is 6.19. The van der Waals surface area contributed by atoms with Crippen molar-refractivity contribution >= 4 is 22.7 Å². The SMILES string of the molecule is CCCCn1cc(C(=O)C(=O)O)c2cc(-c3cccc(OC)c3)ccc21. The predicted molar refractivity (Wildman–Crippen MR) is 101 cm³/mol. The molecule has 0 saturated carbocycles. The maximum Gasteiger partial charge on any atom is 0.377 e. The van der Waals surface area contributed by atoms with Gasteiger partial charge in [0.05, 0.1) is 12.7 Å². The Morgan fingerprint density at radius 2 is 1.88 bits per heavy atom. The van der Waals surface area contributed by atoms with Crippen LogP contribution in [0.25, 0.3) is 22.0 Å². The number of ketones is 1. The Bertz CT molecular complexity index is 971. The lowest BCUT2D eigenvalue weighted by Gasteiger charge is -2.07. The number of unbranched alkanes of at least 4 members (excludes halogenated alkanes) is 1. The normalized spacial score (nSPS) is 10.8. The number of Topliss-reactive ketones (excluding diaryl/α,β-unsaturated/α-hetero) is 1. The number of benzene rings is 2. The summed E-state index contributed by atoms with van der Waals surface area (Å²) in [6.07, 6.45) is 3.64. The summed E-state index contributed by atoms with van der Waals surface area (Å²) in [6.45, 7) is 2.84. The van der Waals surface area contributed by atoms with E-state index in [2.05, 4.69) is 6.92 Å². The molecule has 0 bridgehead atoms. The molecule has 134 valence electrons. The smallest absolute Gasteiger partial charge is 0.377 e. The van der Waals surface area contributed by atoms with Gasteiger partial charge in [-0.1, -0.05) is 31.5 Å². The van der Waals surface area contributed by atoms with Gasteiger partial charge >= 0.3 is 5.97 Å². The van der Waals surface area contributed by atoms with Crippen LogP contribution in [0, 0.1) is 0 Å². The van der Waals surface area contributed by atoms with Gasteiger partial charge in [0.1, 0.15) is 5.75 Å². The Balaban J connectivity index is 2.15. The number of aryl methyl sites for hydroxylation is 1. The van der Waals surface area contributed by atoms with Crippen molar-refractivity contribution in [2.75, 3.05) is 7.11 Å². The lowest BCUT2D eigenvalue weighted by atomic mass is 10.0. The molecule has 0 amide bonds. The highest BCUT2D eigenvalue weighted by atomic mass is 16.5. The Kier molecular flexibility index (Phi) is 5.07. The molecule has 1 aromatic heterocycles. The second kappa shape index (κ2) is 7.44. The van der Waals surface area contributed by atoms with E-state index in [4.69, 9.17) is 9.84 Å². The molecule has 0 spiro atoms. The molecule has 0 saturated heterocycles. The van der Waals surface area contributed by atoms with E-state index >= 15 is 0 Å². The summed E-state index contributed by atoms with van der Waals surface area (Å²) < 4.78 is 7.23. The third kappa shape index (κ3) is 3.33. The number of ether oxygens (including phenoxy) is 1. The average molecular weight is 351 g/mol. The van der Waals surface area contributed by atoms with Crippen molar-refractivity contribution in [2.45, 2.75) is 26.3 Å². The zero-order chi connectivity index (χ0) is 18.7. The van der Waals surface area contributed by atoms with Crippen molar-refractivity contribution in [3.8, 4) is 16.9 Å². The van der Waals surface area contributed by atoms with E-state index in [0.717, 1.165) is 41.8 Å². The number of methoxy groups -OCH3 is 1. The molecule has 0 aliphatic carbocycles. The number of carbonyl (C=O) groups is 2. The van der Waals surface area contributed by atoms with Crippen LogP contribution in [0.1, 0.15) is 30.1 Å². The summed E-state index contributed by atoms with van der Waals surface area (Å²) in [5.74, 6) is -1.58. The number of carbonyl (C=O) groups excluding carboxylic acids is 1. The minimum atomic E-state index is -1.44. The summed E-state index contributed by atoms with van der Waals surface area (Å²) in [6, 6.07) is 13.4. The van der Waals surface area contributed by atoms with Gasteiger partial charge in [0.25, 0.3) is 5.78 Å². The fourth-order valence-corrected chi connectivity index (χ4v) is 3.09. The zero-order valence-corrected chi connectivity index (χ0v) is 14.9. The minimum Gasteiger partial charge on any atom is -0.497 e. The fraction of sp³-hybridized carbons (Fsp3) is 0.238. The lowest BCUT2D eigenvalue weighted by molar-refractivity contribution is -0.131. The van der Waals surface area contributed by atoms with Crippen LogP contribution >= 0.6 is 0 Å². The zero-order valence-electron chi connectivity index (χ0n) is 14.9. The van der Waals surface area contributed by atoms with Gasteiger partial charge in [-0.05, 0) is 41.8 Å². The Labute approximate surface area is 151 Å². The molecule has 1 heterocycles. The number of aromatic nitrogens is 1. The summed E-state index contributed by atoms with van der Waals surface area (Å²) in [7, 11) is 1.61. The van der Waals surface area contributed by atoms with Crippen LogP contribution in [0.4, 0.5) is 0 Å². The molecule has 1 N–H and O–H groups in total. The van der Waals surface area contributed by atoms with E-state index in [1.807, 2.05) is 47.0 Å². The van der Waals surface area contributed by atoms with Gasteiger partial charge in [0.2, 0.25) is 0 Å². The molecule has 26 heavy (non-hydrogen) atoms. The maximum absolute atomic E-state index is 12.2. The molecule has 3 rings (SSSR count). The number of hydrogen-bond acceptors (Lipinski definition) is 3. The Hall–Kier alpha value is -3.08. The third-order valence-electron chi connectivity index (χ3n) is 4.48. The summed E-state index contributed by atoms with van der Waals surface area (Å²) in [5, 5.41) is 9.82. The van der Waals surface area contributed by atoms with Crippen molar-refractivity contribution in [3.63, 3.8) is 0 Å². The Morgan fingerprint density at radius 3 is 2.58 bits per heavy atom. The number of carboxylic acids is 1. The van der Waals surface area contributed by atoms with Gasteiger partial charge in [-0.15, -0.1) is 0 Å². The summed E-state index contributed by atoms with van der Waals surface area (Å²) in [4.78, 5) is 23.4. The van der Waals surface area contributed by atoms with Crippen molar-refractivity contribution in [1.82, 2.24) is 4.57 Å². The maximum atomic E-state index is 12.2. The molecule has 2 aromatic carbocycles. The van der Waals surface area contributed by atoms with Gasteiger partial charge in [0, 0.05) is 23.6 Å². The number of nitrogens with zero attached hydrogens (tertiary/aromatic N) is 1. The molecular formula is C21H21NO4. The molecule has 0 atom stereocenters. The lowest BCUT2D eigenvalue weighted by Crippen LogP contribution is -2.12. The number of aliphatic carboxylic acids is 1. The van der Waals surface area contributed by atoms with Crippen LogP contribution in [0.5, 0.6) is 5.75 Å². The second-order valence-corrected chi connectivity index (χ2v) is 6.19. The number of rotatable bonds is 7. The number of carboxylic acid groups (broad SMARTS) is 1. The standard InChI is InChI=1S/C21H21NO4/c1-3-4-10-22-13-18(20(23)21(24)25)17-12-15(8-9-19(17)22)14-6-5-7-16(11-14)26-2/h5-9,11-13H,3-4,10H2,1-2H3,(H,24,25). The van der Waals surface area contributed by atoms with Crippen LogP contribution in [0.3, 0.4) is 0 Å². The number of fused-ring (bicyclic) bond motifs is 1. The topological polar surface area (TPSA) is 68.5 Å². The van der Waals surface area contributed by atoms with Crippen LogP contribution in [0.15, 0.2) is 48.7 Å². The molecule has 5 heteroatoms. The molecule has 0 unspecified atom stereocenters. The third-order valence-corrected chi connectivity index (χ3v) is 4.48. The van der Waals surface area contributed by atoms with Crippen LogP contribution in [-0.2, 0) is 11.3 Å². The highest BCUT2D eigenvalue weighted by Gasteiger charge is 2.21. The largest absolute Gasteiger partial charge is 0.497 e. The quantitative estimate of drug-likeness (QED) is 0.506. The van der Waals surface area contributed by atoms with Gasteiger partial charge in [-0.25, -0.2) is 4.79 Å². The minimum absolute atomic E-state index is 0.230. The van der Waals surface area contributed by atoms with Gasteiger partial charge in [0.15, 0.2) is 0 Å². The Morgan fingerprint density at radius 1 is 1.12 bits per heavy atom. The van der Waals surface area contributed by atoms with E-state index in [0.29, 0.717) is 5.39 Å². The van der Waals surface area contributed by atoms with E-state index in [1.54, 1.807) is 13.3 Å². The first-order chi connectivity index (χ1) is 12.5. The highest BCUT2D eigenvalue weighted by molar-refractivity contribution is 6.42. The van der Waals surface area contributed by atoms with E-state index in [-0.39, 0.29) is 5.56 Å². The van der Waals surface area contributed by atoms with Gasteiger partial charge < -0.3 is 14.4 Å². The van der Waals surface area contributed by atoms with Crippen LogP contribution in [-0.4, -0.2) is 28.5 Å². The van der Waals surface area contributed by atoms with E-state index in [1.165, 1.54) is 0 Å². The van der Waals surface area contributed by atoms with Crippen molar-refractivity contribution in [2.24, 2.45) is 0 Å². The molecular weight excluding hydrogens is 330 g/mol. The average Bonchev–Trinajstić information content (AvgIpc) is 3.03. The van der Waals surface area contributed by atoms with Gasteiger partial charge in [-0.2, -0.15) is 0 Å². The first-order valence-electron chi connectivity index (χ1n) is 8.60. The summed E-state index contributed by atoms with van der Waals surface area (Å²) >= 11 is 0. The van der Waals surface area contributed by atoms with Crippen LogP contribution in [0.2, 0.25) is 0 Å². The first kappa shape index (κ1) is 17.7. The van der Waals surface area contributed by atoms with Crippen molar-refractivity contribution < 1.29 is 19.4 Å². The molecule has 0 aliphatic rings. The van der Waals surface area contributed by atoms with Crippen LogP contribution < -0.4 is 4.74 Å². The van der Waals surface area contributed by atoms with Crippen molar-refractivity contribution in [1.29, 1.82) is 0 Å². The molecule has 5 nitrogen and oxygen atoms in total. The predicted octanol–water partition coefficient (Wildman–Crippen LogP) is 4.38. The summed E-state index contributed by atoms with van der Waals surface area (Å²) in [5.41, 5.74) is 2.95. The van der Waals surface area contributed by atoms with E-state index < -0.39 is 11.8 Å².